The van der Waals surface area contributed by atoms with Crippen LogP contribution >= 0.6 is 15.9 Å². The fraction of sp³-hybridized carbons (Fsp3) is 0.417. The van der Waals surface area contributed by atoms with E-state index in [2.05, 4.69) is 31.5 Å². The minimum absolute atomic E-state index is 0.118. The molecule has 0 aliphatic heterocycles. The van der Waals surface area contributed by atoms with Crippen LogP contribution in [0, 0.1) is 5.41 Å². The Bertz CT molecular complexity index is 460. The summed E-state index contributed by atoms with van der Waals surface area (Å²) in [6.07, 6.45) is 1.59. The highest BCUT2D eigenvalue weighted by molar-refractivity contribution is 9.10. The summed E-state index contributed by atoms with van der Waals surface area (Å²) in [6, 6.07) is 3.35. The molecule has 0 radical (unpaired) electrons. The van der Waals surface area contributed by atoms with E-state index >= 15 is 0 Å². The second-order valence-corrected chi connectivity index (χ2v) is 5.24. The molecule has 2 amide bonds. The van der Waals surface area contributed by atoms with Gasteiger partial charge < -0.3 is 10.6 Å². The van der Waals surface area contributed by atoms with E-state index in [9.17, 15) is 9.59 Å². The average molecular weight is 314 g/mol. The maximum absolute atomic E-state index is 11.9. The number of halogens is 1. The van der Waals surface area contributed by atoms with Crippen molar-refractivity contribution in [2.75, 3.05) is 13.6 Å². The van der Waals surface area contributed by atoms with Crippen molar-refractivity contribution in [3.63, 3.8) is 0 Å². The lowest BCUT2D eigenvalue weighted by atomic mass is 9.92. The fourth-order valence-corrected chi connectivity index (χ4v) is 1.80. The monoisotopic (exact) mass is 313 g/mol. The van der Waals surface area contributed by atoms with Crippen molar-refractivity contribution in [1.29, 1.82) is 0 Å². The molecule has 1 rings (SSSR count). The summed E-state index contributed by atoms with van der Waals surface area (Å²) in [6.45, 7) is 3.79. The third-order valence-electron chi connectivity index (χ3n) is 2.54. The summed E-state index contributed by atoms with van der Waals surface area (Å²) in [7, 11) is 1.57. The maximum Gasteiger partial charge on any atom is 0.254 e. The van der Waals surface area contributed by atoms with Crippen molar-refractivity contribution in [2.24, 2.45) is 5.41 Å². The Kier molecular flexibility index (Phi) is 4.84. The molecule has 1 heterocycles. The van der Waals surface area contributed by atoms with Crippen LogP contribution in [0.3, 0.4) is 0 Å². The first-order valence-corrected chi connectivity index (χ1v) is 6.28. The molecular weight excluding hydrogens is 298 g/mol. The third-order valence-corrected chi connectivity index (χ3v) is 3.17. The van der Waals surface area contributed by atoms with Gasteiger partial charge in [0.05, 0.1) is 11.0 Å². The van der Waals surface area contributed by atoms with Crippen molar-refractivity contribution in [3.8, 4) is 0 Å². The Labute approximate surface area is 114 Å². The number of nitrogens with one attached hydrogen (secondary N) is 2. The zero-order chi connectivity index (χ0) is 13.8. The van der Waals surface area contributed by atoms with Crippen molar-refractivity contribution in [1.82, 2.24) is 15.6 Å². The Balaban J connectivity index is 2.68. The Morgan fingerprint density at radius 2 is 2.11 bits per heavy atom. The molecule has 6 heteroatoms. The van der Waals surface area contributed by atoms with Gasteiger partial charge in [-0.2, -0.15) is 0 Å². The van der Waals surface area contributed by atoms with Crippen LogP contribution < -0.4 is 10.6 Å². The number of hydrogen-bond donors (Lipinski definition) is 2. The lowest BCUT2D eigenvalue weighted by molar-refractivity contribution is -0.128. The standard InChI is InChI=1S/C12H16BrN3O2/c1-12(2,11(18)14-3)7-16-10(17)8-5-4-6-15-9(8)13/h4-6H,7H2,1-3H3,(H,14,18)(H,16,17). The number of rotatable bonds is 4. The second-order valence-electron chi connectivity index (χ2n) is 4.49. The first-order chi connectivity index (χ1) is 8.38. The summed E-state index contributed by atoms with van der Waals surface area (Å²) in [5.41, 5.74) is -0.204. The first kappa shape index (κ1) is 14.6. The van der Waals surface area contributed by atoms with Crippen LogP contribution in [0.4, 0.5) is 0 Å². The van der Waals surface area contributed by atoms with Crippen molar-refractivity contribution in [2.45, 2.75) is 13.8 Å². The summed E-state index contributed by atoms with van der Waals surface area (Å²) in [4.78, 5) is 27.4. The molecule has 0 aromatic carbocycles. The summed E-state index contributed by atoms with van der Waals surface area (Å²) in [5, 5.41) is 5.29. The number of carbonyl (C=O) groups is 2. The van der Waals surface area contributed by atoms with Crippen molar-refractivity contribution in [3.05, 3.63) is 28.5 Å². The van der Waals surface area contributed by atoms with Gasteiger partial charge in [-0.1, -0.05) is 0 Å². The number of amides is 2. The molecular formula is C12H16BrN3O2. The summed E-state index contributed by atoms with van der Waals surface area (Å²) >= 11 is 3.21. The lowest BCUT2D eigenvalue weighted by Crippen LogP contribution is -2.43. The topological polar surface area (TPSA) is 71.1 Å². The average Bonchev–Trinajstić information content (AvgIpc) is 2.35. The molecule has 0 spiro atoms. The van der Waals surface area contributed by atoms with Crippen molar-refractivity contribution < 1.29 is 9.59 Å². The quantitative estimate of drug-likeness (QED) is 0.824. The SMILES string of the molecule is CNC(=O)C(C)(C)CNC(=O)c1cccnc1Br. The molecule has 18 heavy (non-hydrogen) atoms. The van der Waals surface area contributed by atoms with E-state index < -0.39 is 5.41 Å². The normalized spacial score (nSPS) is 10.9. The van der Waals surface area contributed by atoms with Gasteiger partial charge in [0.1, 0.15) is 4.60 Å². The molecule has 0 aliphatic carbocycles. The number of aromatic nitrogens is 1. The van der Waals surface area contributed by atoms with Crippen LogP contribution in [0.1, 0.15) is 24.2 Å². The van der Waals surface area contributed by atoms with Gasteiger partial charge in [-0.05, 0) is 41.9 Å². The van der Waals surface area contributed by atoms with E-state index in [0.717, 1.165) is 0 Å². The Morgan fingerprint density at radius 1 is 1.44 bits per heavy atom. The zero-order valence-corrected chi connectivity index (χ0v) is 12.2. The van der Waals surface area contributed by atoms with Gasteiger partial charge in [0.2, 0.25) is 5.91 Å². The van der Waals surface area contributed by atoms with E-state index in [1.807, 2.05) is 0 Å². The van der Waals surface area contributed by atoms with E-state index in [1.54, 1.807) is 39.2 Å². The maximum atomic E-state index is 11.9. The number of pyridine rings is 1. The molecule has 0 aliphatic rings. The molecule has 1 aromatic rings. The smallest absolute Gasteiger partial charge is 0.254 e. The molecule has 0 fully saturated rings. The van der Waals surface area contributed by atoms with E-state index in [-0.39, 0.29) is 18.4 Å². The zero-order valence-electron chi connectivity index (χ0n) is 10.6. The lowest BCUT2D eigenvalue weighted by Gasteiger charge is -2.22. The van der Waals surface area contributed by atoms with E-state index in [1.165, 1.54) is 0 Å². The molecule has 0 saturated heterocycles. The number of nitrogens with zero attached hydrogens (tertiary/aromatic N) is 1. The van der Waals surface area contributed by atoms with E-state index in [4.69, 9.17) is 0 Å². The molecule has 98 valence electrons. The Morgan fingerprint density at radius 3 is 2.67 bits per heavy atom. The van der Waals surface area contributed by atoms with Gasteiger partial charge in [-0.15, -0.1) is 0 Å². The highest BCUT2D eigenvalue weighted by Crippen LogP contribution is 2.15. The second kappa shape index (κ2) is 5.95. The minimum Gasteiger partial charge on any atom is -0.359 e. The highest BCUT2D eigenvalue weighted by Gasteiger charge is 2.27. The Hall–Kier alpha value is -1.43. The molecule has 5 nitrogen and oxygen atoms in total. The van der Waals surface area contributed by atoms with Gasteiger partial charge >= 0.3 is 0 Å². The largest absolute Gasteiger partial charge is 0.359 e. The summed E-state index contributed by atoms with van der Waals surface area (Å²) in [5.74, 6) is -0.375. The molecule has 0 bridgehead atoms. The van der Waals surface area contributed by atoms with E-state index in [0.29, 0.717) is 10.2 Å². The van der Waals surface area contributed by atoms with Gasteiger partial charge in [-0.25, -0.2) is 4.98 Å². The molecule has 1 aromatic heterocycles. The van der Waals surface area contributed by atoms with Gasteiger partial charge in [0.25, 0.3) is 5.91 Å². The number of carbonyl (C=O) groups excluding carboxylic acids is 2. The fourth-order valence-electron chi connectivity index (χ4n) is 1.37. The van der Waals surface area contributed by atoms with Crippen LogP contribution in [0.25, 0.3) is 0 Å². The van der Waals surface area contributed by atoms with Crippen LogP contribution in [-0.4, -0.2) is 30.4 Å². The van der Waals surface area contributed by atoms with Crippen LogP contribution in [0.15, 0.2) is 22.9 Å². The van der Waals surface area contributed by atoms with Crippen LogP contribution in [0.2, 0.25) is 0 Å². The van der Waals surface area contributed by atoms with Gasteiger partial charge in [0.15, 0.2) is 0 Å². The molecule has 0 atom stereocenters. The van der Waals surface area contributed by atoms with Gasteiger partial charge in [0, 0.05) is 19.8 Å². The minimum atomic E-state index is -0.654. The predicted octanol–water partition coefficient (Wildman–Crippen LogP) is 1.35. The first-order valence-electron chi connectivity index (χ1n) is 5.49. The van der Waals surface area contributed by atoms with Crippen LogP contribution in [-0.2, 0) is 4.79 Å². The molecule has 0 unspecified atom stereocenters. The highest BCUT2D eigenvalue weighted by atomic mass is 79.9. The summed E-state index contributed by atoms with van der Waals surface area (Å²) < 4.78 is 0.486. The molecule has 0 saturated carbocycles. The van der Waals surface area contributed by atoms with Gasteiger partial charge in [-0.3, -0.25) is 9.59 Å². The molecule has 2 N–H and O–H groups in total. The third kappa shape index (κ3) is 3.53. The van der Waals surface area contributed by atoms with Crippen LogP contribution in [0.5, 0.6) is 0 Å². The predicted molar refractivity (Wildman–Crippen MR) is 72.1 cm³/mol. The van der Waals surface area contributed by atoms with Crippen molar-refractivity contribution >= 4 is 27.7 Å². The number of hydrogen-bond acceptors (Lipinski definition) is 3.